The molecule has 0 saturated heterocycles. The summed E-state index contributed by atoms with van der Waals surface area (Å²) in [7, 11) is 0. The fourth-order valence-corrected chi connectivity index (χ4v) is 2.07. The molecule has 0 aliphatic heterocycles. The Hall–Kier alpha value is -2.24. The molecule has 0 aromatic heterocycles. The summed E-state index contributed by atoms with van der Waals surface area (Å²) in [6, 6.07) is 0. The monoisotopic (exact) mass is 336 g/mol. The molecule has 0 radical (unpaired) electrons. The van der Waals surface area contributed by atoms with Gasteiger partial charge in [0.15, 0.2) is 11.5 Å². The molecular formula is C18H24O6. The maximum atomic E-state index is 11.9. The van der Waals surface area contributed by atoms with E-state index in [4.69, 9.17) is 9.47 Å². The number of carbonyl (C=O) groups is 4. The van der Waals surface area contributed by atoms with Crippen LogP contribution in [0.1, 0.15) is 65.2 Å². The minimum absolute atomic E-state index is 0.190. The molecule has 6 heteroatoms. The summed E-state index contributed by atoms with van der Waals surface area (Å²) in [5, 5.41) is 0. The largest absolute Gasteiger partial charge is 0.422 e. The third-order valence-electron chi connectivity index (χ3n) is 3.43. The maximum absolute atomic E-state index is 11.9. The lowest BCUT2D eigenvalue weighted by Gasteiger charge is -2.12. The number of esters is 2. The van der Waals surface area contributed by atoms with Crippen LogP contribution in [-0.2, 0) is 28.7 Å². The molecule has 1 aliphatic rings. The lowest BCUT2D eigenvalue weighted by molar-refractivity contribution is -0.144. The number of rotatable bonds is 10. The van der Waals surface area contributed by atoms with Gasteiger partial charge in [0.25, 0.3) is 0 Å². The van der Waals surface area contributed by atoms with Gasteiger partial charge in [0, 0.05) is 25.0 Å². The molecule has 132 valence electrons. The van der Waals surface area contributed by atoms with E-state index in [0.29, 0.717) is 12.8 Å². The molecule has 0 unspecified atom stereocenters. The topological polar surface area (TPSA) is 86.7 Å². The van der Waals surface area contributed by atoms with Crippen molar-refractivity contribution < 1.29 is 28.7 Å². The molecule has 6 nitrogen and oxygen atoms in total. The van der Waals surface area contributed by atoms with Gasteiger partial charge in [0.1, 0.15) is 0 Å². The van der Waals surface area contributed by atoms with Gasteiger partial charge in [-0.1, -0.05) is 39.5 Å². The minimum atomic E-state index is -0.658. The molecule has 1 aliphatic carbocycles. The summed E-state index contributed by atoms with van der Waals surface area (Å²) in [6.07, 6.45) is 7.21. The molecule has 0 saturated carbocycles. The van der Waals surface area contributed by atoms with Crippen LogP contribution < -0.4 is 0 Å². The zero-order valence-electron chi connectivity index (χ0n) is 14.3. The van der Waals surface area contributed by atoms with E-state index in [1.807, 2.05) is 13.8 Å². The summed E-state index contributed by atoms with van der Waals surface area (Å²) in [4.78, 5) is 47.0. The average Bonchev–Trinajstić information content (AvgIpc) is 2.52. The minimum Gasteiger partial charge on any atom is -0.422 e. The van der Waals surface area contributed by atoms with Crippen molar-refractivity contribution in [3.8, 4) is 0 Å². The van der Waals surface area contributed by atoms with Crippen LogP contribution in [0.2, 0.25) is 0 Å². The molecule has 0 fully saturated rings. The molecule has 1 rings (SSSR count). The molecule has 0 aromatic carbocycles. The van der Waals surface area contributed by atoms with Crippen molar-refractivity contribution in [2.24, 2.45) is 0 Å². The number of ketones is 2. The van der Waals surface area contributed by atoms with Crippen molar-refractivity contribution in [1.82, 2.24) is 0 Å². The second kappa shape index (κ2) is 10.5. The highest BCUT2D eigenvalue weighted by atomic mass is 16.5. The van der Waals surface area contributed by atoms with E-state index in [1.54, 1.807) is 0 Å². The molecule has 0 spiro atoms. The predicted molar refractivity (Wildman–Crippen MR) is 86.6 cm³/mol. The number of hydrogen-bond donors (Lipinski definition) is 0. The maximum Gasteiger partial charge on any atom is 0.311 e. The zero-order valence-corrected chi connectivity index (χ0v) is 14.3. The van der Waals surface area contributed by atoms with Gasteiger partial charge in [0.05, 0.1) is 0 Å². The first-order valence-electron chi connectivity index (χ1n) is 8.41. The summed E-state index contributed by atoms with van der Waals surface area (Å²) >= 11 is 0. The van der Waals surface area contributed by atoms with Crippen molar-refractivity contribution in [2.45, 2.75) is 65.2 Å². The van der Waals surface area contributed by atoms with E-state index in [9.17, 15) is 19.2 Å². The van der Waals surface area contributed by atoms with Crippen molar-refractivity contribution in [3.05, 3.63) is 23.7 Å². The van der Waals surface area contributed by atoms with E-state index in [-0.39, 0.29) is 24.4 Å². The fraction of sp³-hybridized carbons (Fsp3) is 0.556. The summed E-state index contributed by atoms with van der Waals surface area (Å²) in [6.45, 7) is 4.01. The lowest BCUT2D eigenvalue weighted by atomic mass is 10.1. The van der Waals surface area contributed by atoms with Crippen LogP contribution in [0.5, 0.6) is 0 Å². The Morgan fingerprint density at radius 3 is 1.46 bits per heavy atom. The van der Waals surface area contributed by atoms with Crippen LogP contribution in [0, 0.1) is 0 Å². The molecular weight excluding hydrogens is 312 g/mol. The Morgan fingerprint density at radius 1 is 0.750 bits per heavy atom. The third-order valence-corrected chi connectivity index (χ3v) is 3.43. The average molecular weight is 336 g/mol. The Balaban J connectivity index is 2.54. The van der Waals surface area contributed by atoms with Crippen LogP contribution >= 0.6 is 0 Å². The molecule has 0 aromatic rings. The number of carbonyl (C=O) groups excluding carboxylic acids is 4. The van der Waals surface area contributed by atoms with Crippen molar-refractivity contribution in [1.29, 1.82) is 0 Å². The highest BCUT2D eigenvalue weighted by molar-refractivity contribution is 6.19. The fourth-order valence-electron chi connectivity index (χ4n) is 2.07. The van der Waals surface area contributed by atoms with Gasteiger partial charge in [-0.25, -0.2) is 0 Å². The van der Waals surface area contributed by atoms with E-state index in [0.717, 1.165) is 37.8 Å². The summed E-state index contributed by atoms with van der Waals surface area (Å²) in [5.74, 6) is -3.07. The molecule has 0 atom stereocenters. The second-order valence-corrected chi connectivity index (χ2v) is 5.61. The van der Waals surface area contributed by atoms with E-state index in [1.165, 1.54) is 0 Å². The summed E-state index contributed by atoms with van der Waals surface area (Å²) in [5.41, 5.74) is 0. The molecule has 0 bridgehead atoms. The zero-order chi connectivity index (χ0) is 17.9. The Bertz CT molecular complexity index is 506. The number of unbranched alkanes of at least 4 members (excludes halogenated alkanes) is 4. The van der Waals surface area contributed by atoms with Gasteiger partial charge in [-0.15, -0.1) is 0 Å². The van der Waals surface area contributed by atoms with Gasteiger partial charge in [-0.05, 0) is 12.8 Å². The smallest absolute Gasteiger partial charge is 0.311 e. The van der Waals surface area contributed by atoms with Crippen LogP contribution in [-0.4, -0.2) is 23.5 Å². The second-order valence-electron chi connectivity index (χ2n) is 5.61. The predicted octanol–water partition coefficient (Wildman–Crippen LogP) is 3.15. The van der Waals surface area contributed by atoms with Gasteiger partial charge in [-0.2, -0.15) is 0 Å². The van der Waals surface area contributed by atoms with Crippen molar-refractivity contribution >= 4 is 23.5 Å². The first-order valence-corrected chi connectivity index (χ1v) is 8.41. The Morgan fingerprint density at radius 2 is 1.12 bits per heavy atom. The first kappa shape index (κ1) is 19.8. The van der Waals surface area contributed by atoms with Crippen LogP contribution in [0.3, 0.4) is 0 Å². The van der Waals surface area contributed by atoms with Gasteiger partial charge >= 0.3 is 11.9 Å². The van der Waals surface area contributed by atoms with Crippen molar-refractivity contribution in [2.75, 3.05) is 0 Å². The number of hydrogen-bond acceptors (Lipinski definition) is 6. The summed E-state index contributed by atoms with van der Waals surface area (Å²) < 4.78 is 9.84. The molecule has 0 amide bonds. The highest BCUT2D eigenvalue weighted by Gasteiger charge is 2.26. The standard InChI is InChI=1S/C18H24O6/c1-3-5-7-9-17(21)23-15-11-14(20)16(12-13(15)19)24-18(22)10-8-6-4-2/h11-12H,3-10H2,1-2H3. The van der Waals surface area contributed by atoms with Crippen LogP contribution in [0.4, 0.5) is 0 Å². The molecule has 0 heterocycles. The Labute approximate surface area is 141 Å². The quantitative estimate of drug-likeness (QED) is 0.346. The first-order chi connectivity index (χ1) is 11.5. The normalized spacial score (nSPS) is 14.1. The van der Waals surface area contributed by atoms with Crippen LogP contribution in [0.15, 0.2) is 23.7 Å². The molecule has 0 N–H and O–H groups in total. The Kier molecular flexibility index (Phi) is 8.68. The third kappa shape index (κ3) is 6.89. The van der Waals surface area contributed by atoms with Crippen LogP contribution in [0.25, 0.3) is 0 Å². The molecule has 24 heavy (non-hydrogen) atoms. The lowest BCUT2D eigenvalue weighted by Crippen LogP contribution is -2.20. The van der Waals surface area contributed by atoms with E-state index in [2.05, 4.69) is 0 Å². The van der Waals surface area contributed by atoms with E-state index < -0.39 is 23.5 Å². The van der Waals surface area contributed by atoms with Gasteiger partial charge in [0.2, 0.25) is 11.6 Å². The van der Waals surface area contributed by atoms with Crippen molar-refractivity contribution in [3.63, 3.8) is 0 Å². The highest BCUT2D eigenvalue weighted by Crippen LogP contribution is 2.16. The van der Waals surface area contributed by atoms with E-state index >= 15 is 0 Å². The SMILES string of the molecule is CCCCCC(=O)OC1=CC(=O)C(OC(=O)CCCCC)=CC1=O. The van der Waals surface area contributed by atoms with Gasteiger partial charge in [-0.3, -0.25) is 19.2 Å². The number of allylic oxidation sites excluding steroid dienone is 2. The number of ether oxygens (including phenoxy) is 2. The van der Waals surface area contributed by atoms with Gasteiger partial charge < -0.3 is 9.47 Å².